The van der Waals surface area contributed by atoms with E-state index < -0.39 is 6.09 Å². The molecule has 0 spiro atoms. The highest BCUT2D eigenvalue weighted by Gasteiger charge is 2.12. The second kappa shape index (κ2) is 2.97. The predicted molar refractivity (Wildman–Crippen MR) is 47.3 cm³/mol. The molecule has 2 N–H and O–H groups in total. The van der Waals surface area contributed by atoms with Crippen molar-refractivity contribution in [3.8, 4) is 5.75 Å². The predicted octanol–water partition coefficient (Wildman–Crippen LogP) is 1.71. The van der Waals surface area contributed by atoms with Crippen LogP contribution in [-0.4, -0.2) is 17.8 Å². The fraction of sp³-hybridized carbons (Fsp3) is 0.222. The number of anilines is 1. The molecule has 1 amide bonds. The van der Waals surface area contributed by atoms with Gasteiger partial charge in [-0.2, -0.15) is 0 Å². The van der Waals surface area contributed by atoms with Crippen molar-refractivity contribution in [3.63, 3.8) is 0 Å². The Morgan fingerprint density at radius 1 is 1.54 bits per heavy atom. The number of nitrogens with one attached hydrogen (secondary N) is 1. The number of hydrogen-bond acceptors (Lipinski definition) is 2. The smallest absolute Gasteiger partial charge is 0.409 e. The molecular weight excluding hydrogens is 170 g/mol. The summed E-state index contributed by atoms with van der Waals surface area (Å²) in [7, 11) is 0. The molecule has 1 aliphatic rings. The van der Waals surface area contributed by atoms with Gasteiger partial charge in [0.05, 0.1) is 6.61 Å². The van der Waals surface area contributed by atoms with Crippen LogP contribution >= 0.6 is 0 Å². The van der Waals surface area contributed by atoms with Gasteiger partial charge in [-0.25, -0.2) is 4.79 Å². The van der Waals surface area contributed by atoms with E-state index in [4.69, 9.17) is 9.84 Å². The number of benzene rings is 1. The van der Waals surface area contributed by atoms with E-state index >= 15 is 0 Å². The fourth-order valence-corrected chi connectivity index (χ4v) is 1.39. The summed E-state index contributed by atoms with van der Waals surface area (Å²) in [5.41, 5.74) is 1.66. The van der Waals surface area contributed by atoms with E-state index in [0.717, 1.165) is 17.7 Å². The van der Waals surface area contributed by atoms with Crippen molar-refractivity contribution in [1.29, 1.82) is 0 Å². The first kappa shape index (κ1) is 7.91. The molecule has 0 aliphatic carbocycles. The summed E-state index contributed by atoms with van der Waals surface area (Å²) in [6, 6.07) is 5.28. The second-order valence-corrected chi connectivity index (χ2v) is 2.85. The maximum atomic E-state index is 10.3. The molecule has 1 aliphatic heterocycles. The number of ether oxygens (including phenoxy) is 1. The molecule has 1 aromatic rings. The van der Waals surface area contributed by atoms with Crippen LogP contribution in [0.15, 0.2) is 18.2 Å². The van der Waals surface area contributed by atoms with Gasteiger partial charge in [0.1, 0.15) is 5.75 Å². The summed E-state index contributed by atoms with van der Waals surface area (Å²) < 4.78 is 5.28. The van der Waals surface area contributed by atoms with Crippen LogP contribution < -0.4 is 10.1 Å². The third-order valence-electron chi connectivity index (χ3n) is 1.94. The third kappa shape index (κ3) is 1.56. The molecule has 0 bridgehead atoms. The van der Waals surface area contributed by atoms with Gasteiger partial charge < -0.3 is 9.84 Å². The number of rotatable bonds is 1. The Hall–Kier alpha value is -1.71. The lowest BCUT2D eigenvalue weighted by Gasteiger charge is -2.02. The zero-order valence-electron chi connectivity index (χ0n) is 6.91. The fourth-order valence-electron chi connectivity index (χ4n) is 1.39. The largest absolute Gasteiger partial charge is 0.493 e. The van der Waals surface area contributed by atoms with E-state index in [1.807, 2.05) is 0 Å². The Balaban J connectivity index is 2.25. The molecule has 0 saturated heterocycles. The van der Waals surface area contributed by atoms with Gasteiger partial charge in [0.15, 0.2) is 0 Å². The summed E-state index contributed by atoms with van der Waals surface area (Å²) in [6.45, 7) is 0.686. The molecular formula is C9H9NO3. The average Bonchev–Trinajstić information content (AvgIpc) is 2.49. The van der Waals surface area contributed by atoms with E-state index in [1.165, 1.54) is 0 Å². The lowest BCUT2D eigenvalue weighted by Crippen LogP contribution is -2.06. The van der Waals surface area contributed by atoms with Gasteiger partial charge in [-0.3, -0.25) is 5.32 Å². The van der Waals surface area contributed by atoms with Gasteiger partial charge >= 0.3 is 6.09 Å². The van der Waals surface area contributed by atoms with E-state index in [9.17, 15) is 4.79 Å². The standard InChI is InChI=1S/C9H9NO3/c11-9(12)10-7-1-2-8-6(5-7)3-4-13-8/h1-2,5,10H,3-4H2,(H,11,12). The number of hydrogen-bond donors (Lipinski definition) is 2. The first-order valence-electron chi connectivity index (χ1n) is 4.01. The Morgan fingerprint density at radius 3 is 3.15 bits per heavy atom. The summed E-state index contributed by atoms with van der Waals surface area (Å²) in [5.74, 6) is 0.857. The highest BCUT2D eigenvalue weighted by atomic mass is 16.5. The monoisotopic (exact) mass is 179 g/mol. The minimum Gasteiger partial charge on any atom is -0.493 e. The number of carbonyl (C=O) groups is 1. The summed E-state index contributed by atoms with van der Waals surface area (Å²) >= 11 is 0. The van der Waals surface area contributed by atoms with Gasteiger partial charge in [-0.15, -0.1) is 0 Å². The molecule has 68 valence electrons. The van der Waals surface area contributed by atoms with Crippen molar-refractivity contribution in [2.24, 2.45) is 0 Å². The molecule has 4 nitrogen and oxygen atoms in total. The zero-order chi connectivity index (χ0) is 9.26. The van der Waals surface area contributed by atoms with E-state index in [0.29, 0.717) is 12.3 Å². The second-order valence-electron chi connectivity index (χ2n) is 2.85. The molecule has 0 fully saturated rings. The molecule has 0 unspecified atom stereocenters. The number of amides is 1. The Labute approximate surface area is 75.1 Å². The van der Waals surface area contributed by atoms with E-state index in [-0.39, 0.29) is 0 Å². The molecule has 1 aromatic carbocycles. The Morgan fingerprint density at radius 2 is 2.38 bits per heavy atom. The molecule has 1 heterocycles. The molecule has 13 heavy (non-hydrogen) atoms. The van der Waals surface area contributed by atoms with Crippen LogP contribution in [0.4, 0.5) is 10.5 Å². The van der Waals surface area contributed by atoms with Crippen LogP contribution in [0.2, 0.25) is 0 Å². The molecule has 0 radical (unpaired) electrons. The van der Waals surface area contributed by atoms with Crippen molar-refractivity contribution in [1.82, 2.24) is 0 Å². The van der Waals surface area contributed by atoms with Gasteiger partial charge in [0.2, 0.25) is 0 Å². The lowest BCUT2D eigenvalue weighted by atomic mass is 10.1. The van der Waals surface area contributed by atoms with Crippen LogP contribution in [0, 0.1) is 0 Å². The normalized spacial score (nSPS) is 13.2. The minimum absolute atomic E-state index is 0.594. The minimum atomic E-state index is -1.04. The highest BCUT2D eigenvalue weighted by Crippen LogP contribution is 2.27. The van der Waals surface area contributed by atoms with E-state index in [2.05, 4.69) is 5.32 Å². The summed E-state index contributed by atoms with van der Waals surface area (Å²) in [5, 5.41) is 10.8. The quantitative estimate of drug-likeness (QED) is 0.689. The van der Waals surface area contributed by atoms with E-state index in [1.54, 1.807) is 18.2 Å². The topological polar surface area (TPSA) is 58.6 Å². The van der Waals surface area contributed by atoms with Crippen LogP contribution in [-0.2, 0) is 6.42 Å². The van der Waals surface area contributed by atoms with Crippen molar-refractivity contribution in [3.05, 3.63) is 23.8 Å². The van der Waals surface area contributed by atoms with Crippen molar-refractivity contribution >= 4 is 11.8 Å². The molecule has 0 aromatic heterocycles. The Bertz CT molecular complexity index is 349. The van der Waals surface area contributed by atoms with Crippen LogP contribution in [0.3, 0.4) is 0 Å². The lowest BCUT2D eigenvalue weighted by molar-refractivity contribution is 0.209. The maximum Gasteiger partial charge on any atom is 0.409 e. The molecule has 4 heteroatoms. The third-order valence-corrected chi connectivity index (χ3v) is 1.94. The van der Waals surface area contributed by atoms with Gasteiger partial charge in [-0.05, 0) is 23.8 Å². The van der Waals surface area contributed by atoms with Crippen LogP contribution in [0.25, 0.3) is 0 Å². The molecule has 0 atom stereocenters. The maximum absolute atomic E-state index is 10.3. The number of fused-ring (bicyclic) bond motifs is 1. The highest BCUT2D eigenvalue weighted by molar-refractivity contribution is 5.83. The SMILES string of the molecule is O=C(O)Nc1ccc2c(c1)CCO2. The number of carboxylic acid groups (broad SMARTS) is 1. The van der Waals surface area contributed by atoms with Gasteiger partial charge in [0, 0.05) is 12.1 Å². The van der Waals surface area contributed by atoms with Crippen molar-refractivity contribution in [2.45, 2.75) is 6.42 Å². The van der Waals surface area contributed by atoms with Crippen molar-refractivity contribution in [2.75, 3.05) is 11.9 Å². The average molecular weight is 179 g/mol. The van der Waals surface area contributed by atoms with Crippen LogP contribution in [0.5, 0.6) is 5.75 Å². The zero-order valence-corrected chi connectivity index (χ0v) is 6.91. The van der Waals surface area contributed by atoms with Gasteiger partial charge in [0.25, 0.3) is 0 Å². The first-order valence-corrected chi connectivity index (χ1v) is 4.01. The molecule has 2 rings (SSSR count). The van der Waals surface area contributed by atoms with Crippen LogP contribution in [0.1, 0.15) is 5.56 Å². The van der Waals surface area contributed by atoms with Gasteiger partial charge in [-0.1, -0.05) is 0 Å². The summed E-state index contributed by atoms with van der Waals surface area (Å²) in [6.07, 6.45) is -0.191. The Kier molecular flexibility index (Phi) is 1.81. The van der Waals surface area contributed by atoms with Crippen molar-refractivity contribution < 1.29 is 14.6 Å². The summed E-state index contributed by atoms with van der Waals surface area (Å²) in [4.78, 5) is 10.3. The molecule has 0 saturated carbocycles. The first-order chi connectivity index (χ1) is 6.25.